The van der Waals surface area contributed by atoms with Crippen LogP contribution in [-0.2, 0) is 4.79 Å². The van der Waals surface area contributed by atoms with Crippen molar-refractivity contribution < 1.29 is 14.4 Å². The van der Waals surface area contributed by atoms with Gasteiger partial charge in [0.15, 0.2) is 0 Å². The Hall–Kier alpha value is -0.830. The zero-order valence-electron chi connectivity index (χ0n) is 16.5. The summed E-state index contributed by atoms with van der Waals surface area (Å²) in [6.07, 6.45) is 11.5. The van der Waals surface area contributed by atoms with Crippen LogP contribution in [0.15, 0.2) is 12.2 Å². The summed E-state index contributed by atoms with van der Waals surface area (Å²) in [5, 5.41) is 9.49. The number of quaternary nitrogens is 1. The zero-order valence-corrected chi connectivity index (χ0v) is 16.5. The number of carboxylic acids is 1. The summed E-state index contributed by atoms with van der Waals surface area (Å²) in [6, 6.07) is 0. The van der Waals surface area contributed by atoms with Gasteiger partial charge in [-0.3, -0.25) is 0 Å². The fourth-order valence-electron chi connectivity index (χ4n) is 2.73. The van der Waals surface area contributed by atoms with E-state index in [1.54, 1.807) is 0 Å². The lowest BCUT2D eigenvalue weighted by Gasteiger charge is -2.35. The Morgan fingerprint density at radius 3 is 1.48 bits per heavy atom. The molecule has 3 heteroatoms. The van der Waals surface area contributed by atoms with E-state index in [1.165, 1.54) is 89.0 Å². The van der Waals surface area contributed by atoms with Crippen molar-refractivity contribution in [2.24, 2.45) is 0 Å². The Labute approximate surface area is 145 Å². The lowest BCUT2D eigenvalue weighted by atomic mass is 10.1. The van der Waals surface area contributed by atoms with Gasteiger partial charge in [0.1, 0.15) is 0 Å². The van der Waals surface area contributed by atoms with Crippen molar-refractivity contribution in [3.8, 4) is 0 Å². The van der Waals surface area contributed by atoms with Crippen molar-refractivity contribution in [2.45, 2.75) is 86.0 Å². The van der Waals surface area contributed by atoms with Crippen molar-refractivity contribution in [3.05, 3.63) is 12.2 Å². The van der Waals surface area contributed by atoms with Crippen LogP contribution in [0.1, 0.15) is 86.0 Å². The molecular formula is C20H41NO2. The number of unbranched alkanes of at least 4 members (excludes halogenated alkanes) is 7. The third-order valence-electron chi connectivity index (χ3n) is 4.85. The maximum atomic E-state index is 9.49. The highest BCUT2D eigenvalue weighted by molar-refractivity contribution is 5.82. The van der Waals surface area contributed by atoms with E-state index < -0.39 is 5.97 Å². The van der Waals surface area contributed by atoms with Crippen LogP contribution in [0.3, 0.4) is 0 Å². The van der Waals surface area contributed by atoms with Gasteiger partial charge in [0.25, 0.3) is 0 Å². The predicted octanol–water partition coefficient (Wildman–Crippen LogP) is 4.32. The van der Waals surface area contributed by atoms with E-state index in [2.05, 4.69) is 34.3 Å². The van der Waals surface area contributed by atoms with E-state index in [0.29, 0.717) is 0 Å². The van der Waals surface area contributed by atoms with Crippen molar-refractivity contribution in [1.29, 1.82) is 0 Å². The minimum Gasteiger partial charge on any atom is -0.545 e. The van der Waals surface area contributed by atoms with E-state index in [0.717, 1.165) is 0 Å². The highest BCUT2D eigenvalue weighted by Crippen LogP contribution is 2.12. The van der Waals surface area contributed by atoms with Gasteiger partial charge in [-0.2, -0.15) is 0 Å². The lowest BCUT2D eigenvalue weighted by Crippen LogP contribution is -2.48. The van der Waals surface area contributed by atoms with Crippen LogP contribution in [0, 0.1) is 0 Å². The molecule has 0 aliphatic heterocycles. The van der Waals surface area contributed by atoms with Crippen molar-refractivity contribution in [3.63, 3.8) is 0 Å². The van der Waals surface area contributed by atoms with Crippen molar-refractivity contribution in [1.82, 2.24) is 0 Å². The Kier molecular flexibility index (Phi) is 17.0. The molecule has 0 rings (SSSR count). The van der Waals surface area contributed by atoms with Gasteiger partial charge >= 0.3 is 0 Å². The first kappa shape index (κ1) is 24.4. The largest absolute Gasteiger partial charge is 0.545 e. The first-order chi connectivity index (χ1) is 10.9. The number of carbonyl (C=O) groups excluding carboxylic acids is 1. The standard InChI is InChI=1S/C16H36N.C4H6O2/c1-5-9-10-11-12-13-14-15-16-17(6-2,7-3)8-4;1-3(2)4(5)6/h5-16H2,1-4H3;1H2,2H3,(H,5,6)/q+1;/p-1. The molecule has 0 N–H and O–H groups in total. The van der Waals surface area contributed by atoms with Gasteiger partial charge in [-0.15, -0.1) is 0 Å². The molecule has 0 spiro atoms. The lowest BCUT2D eigenvalue weighted by molar-refractivity contribution is -0.923. The predicted molar refractivity (Wildman–Crippen MR) is 99.2 cm³/mol. The second-order valence-electron chi connectivity index (χ2n) is 6.56. The van der Waals surface area contributed by atoms with Gasteiger partial charge < -0.3 is 14.4 Å². The number of carboxylic acid groups (broad SMARTS) is 1. The fraction of sp³-hybridized carbons (Fsp3) is 0.850. The second kappa shape index (κ2) is 16.0. The number of aliphatic carboxylic acids is 1. The van der Waals surface area contributed by atoms with Crippen LogP contribution in [0.25, 0.3) is 0 Å². The Balaban J connectivity index is 0. The molecule has 23 heavy (non-hydrogen) atoms. The molecule has 0 radical (unpaired) electrons. The van der Waals surface area contributed by atoms with E-state index in [-0.39, 0.29) is 5.57 Å². The van der Waals surface area contributed by atoms with Gasteiger partial charge in [0.05, 0.1) is 32.1 Å². The molecule has 0 amide bonds. The summed E-state index contributed by atoms with van der Waals surface area (Å²) < 4.78 is 1.33. The fourth-order valence-corrected chi connectivity index (χ4v) is 2.73. The Morgan fingerprint density at radius 1 is 0.826 bits per heavy atom. The van der Waals surface area contributed by atoms with E-state index >= 15 is 0 Å². The van der Waals surface area contributed by atoms with Crippen molar-refractivity contribution in [2.75, 3.05) is 26.2 Å². The highest BCUT2D eigenvalue weighted by Gasteiger charge is 2.19. The summed E-state index contributed by atoms with van der Waals surface area (Å²) in [5.74, 6) is -1.19. The van der Waals surface area contributed by atoms with Gasteiger partial charge in [-0.1, -0.05) is 52.0 Å². The molecule has 0 heterocycles. The van der Waals surface area contributed by atoms with Crippen LogP contribution in [0.4, 0.5) is 0 Å². The molecule has 3 nitrogen and oxygen atoms in total. The number of rotatable bonds is 13. The van der Waals surface area contributed by atoms with Gasteiger partial charge in [0, 0.05) is 0 Å². The molecule has 0 saturated carbocycles. The summed E-state index contributed by atoms with van der Waals surface area (Å²) in [6.45, 7) is 19.1. The molecule has 0 fully saturated rings. The molecule has 0 unspecified atom stereocenters. The summed E-state index contributed by atoms with van der Waals surface area (Å²) in [5.41, 5.74) is 0.0648. The number of hydrogen-bond donors (Lipinski definition) is 0. The molecule has 0 aromatic carbocycles. The van der Waals surface area contributed by atoms with Crippen LogP contribution in [-0.4, -0.2) is 36.6 Å². The molecule has 0 bridgehead atoms. The molecule has 0 aromatic heterocycles. The maximum Gasteiger partial charge on any atom is 0.0786 e. The molecule has 0 aliphatic carbocycles. The average Bonchev–Trinajstić information content (AvgIpc) is 2.55. The van der Waals surface area contributed by atoms with Crippen LogP contribution in [0.2, 0.25) is 0 Å². The topological polar surface area (TPSA) is 40.1 Å². The number of hydrogen-bond acceptors (Lipinski definition) is 2. The molecular weight excluding hydrogens is 286 g/mol. The van der Waals surface area contributed by atoms with Gasteiger partial charge in [-0.05, 0) is 46.1 Å². The van der Waals surface area contributed by atoms with Gasteiger partial charge in [-0.25, -0.2) is 0 Å². The van der Waals surface area contributed by atoms with E-state index in [1.807, 2.05) is 0 Å². The summed E-state index contributed by atoms with van der Waals surface area (Å²) in [7, 11) is 0. The minimum absolute atomic E-state index is 0.0648. The number of carbonyl (C=O) groups is 1. The molecule has 138 valence electrons. The third kappa shape index (κ3) is 14.5. The SMILES string of the molecule is C=C(C)C(=O)[O-].CCCCCCCCCC[N+](CC)(CC)CC. The van der Waals surface area contributed by atoms with Crippen LogP contribution in [0.5, 0.6) is 0 Å². The quantitative estimate of drug-likeness (QED) is 0.287. The monoisotopic (exact) mass is 327 g/mol. The Bertz CT molecular complexity index is 276. The summed E-state index contributed by atoms with van der Waals surface area (Å²) in [4.78, 5) is 9.49. The molecule has 0 aliphatic rings. The minimum atomic E-state index is -1.19. The smallest absolute Gasteiger partial charge is 0.0786 e. The van der Waals surface area contributed by atoms with Crippen molar-refractivity contribution >= 4 is 5.97 Å². The summed E-state index contributed by atoms with van der Waals surface area (Å²) >= 11 is 0. The zero-order chi connectivity index (χ0) is 18.1. The van der Waals surface area contributed by atoms with Gasteiger partial charge in [0.2, 0.25) is 0 Å². The normalized spacial score (nSPS) is 10.8. The van der Waals surface area contributed by atoms with E-state index in [4.69, 9.17) is 0 Å². The average molecular weight is 328 g/mol. The Morgan fingerprint density at radius 2 is 1.17 bits per heavy atom. The first-order valence-electron chi connectivity index (χ1n) is 9.61. The highest BCUT2D eigenvalue weighted by atomic mass is 16.4. The second-order valence-corrected chi connectivity index (χ2v) is 6.56. The molecule has 0 atom stereocenters. The third-order valence-corrected chi connectivity index (χ3v) is 4.85. The van der Waals surface area contributed by atoms with Crippen LogP contribution < -0.4 is 5.11 Å². The number of nitrogens with zero attached hydrogens (tertiary/aromatic N) is 1. The van der Waals surface area contributed by atoms with Crippen LogP contribution >= 0.6 is 0 Å². The van der Waals surface area contributed by atoms with E-state index in [9.17, 15) is 9.90 Å². The molecule has 0 aromatic rings. The maximum absolute atomic E-state index is 9.49. The first-order valence-corrected chi connectivity index (χ1v) is 9.61. The molecule has 0 saturated heterocycles.